The van der Waals surface area contributed by atoms with Gasteiger partial charge in [-0.1, -0.05) is 26.8 Å². The number of rotatable bonds is 4. The molecular formula is C20H31N3O2. The molecule has 1 aliphatic rings. The second kappa shape index (κ2) is 7.56. The molecule has 0 spiro atoms. The Bertz CT molecular complexity index is 636. The molecule has 5 heteroatoms. The molecule has 0 aliphatic carbocycles. The van der Waals surface area contributed by atoms with E-state index in [1.807, 2.05) is 4.90 Å². The van der Waals surface area contributed by atoms with Crippen LogP contribution in [0.2, 0.25) is 0 Å². The molecule has 5 nitrogen and oxygen atoms in total. The SMILES string of the molecule is CC1CC(CN)CN1C(=O)c1cccc(C(=O)N(C)CC(C)(C)C)c1. The van der Waals surface area contributed by atoms with Crippen LogP contribution in [0.15, 0.2) is 24.3 Å². The summed E-state index contributed by atoms with van der Waals surface area (Å²) >= 11 is 0. The first-order valence-electron chi connectivity index (χ1n) is 8.99. The molecule has 1 aromatic rings. The second-order valence-corrected chi connectivity index (χ2v) is 8.45. The van der Waals surface area contributed by atoms with Crippen LogP contribution in [0, 0.1) is 11.3 Å². The first kappa shape index (κ1) is 19.4. The lowest BCUT2D eigenvalue weighted by molar-refractivity contribution is 0.0742. The first-order valence-corrected chi connectivity index (χ1v) is 8.99. The smallest absolute Gasteiger partial charge is 0.254 e. The molecule has 2 rings (SSSR count). The predicted molar refractivity (Wildman–Crippen MR) is 101 cm³/mol. The van der Waals surface area contributed by atoms with Gasteiger partial charge in [-0.2, -0.15) is 0 Å². The molecule has 138 valence electrons. The molecule has 1 fully saturated rings. The second-order valence-electron chi connectivity index (χ2n) is 8.45. The third kappa shape index (κ3) is 4.82. The minimum Gasteiger partial charge on any atom is -0.341 e. The van der Waals surface area contributed by atoms with Gasteiger partial charge in [0.2, 0.25) is 0 Å². The van der Waals surface area contributed by atoms with Gasteiger partial charge in [0.05, 0.1) is 0 Å². The van der Waals surface area contributed by atoms with Crippen molar-refractivity contribution in [3.63, 3.8) is 0 Å². The molecule has 1 aliphatic heterocycles. The number of nitrogens with two attached hydrogens (primary N) is 1. The van der Waals surface area contributed by atoms with Gasteiger partial charge in [0.1, 0.15) is 0 Å². The van der Waals surface area contributed by atoms with E-state index >= 15 is 0 Å². The average Bonchev–Trinajstić information content (AvgIpc) is 2.93. The van der Waals surface area contributed by atoms with Crippen LogP contribution in [0.4, 0.5) is 0 Å². The Morgan fingerprint density at radius 2 is 1.92 bits per heavy atom. The third-order valence-corrected chi connectivity index (χ3v) is 4.67. The van der Waals surface area contributed by atoms with Gasteiger partial charge in [0, 0.05) is 37.3 Å². The molecular weight excluding hydrogens is 314 g/mol. The molecule has 0 saturated carbocycles. The van der Waals surface area contributed by atoms with Crippen molar-refractivity contribution in [3.05, 3.63) is 35.4 Å². The molecule has 0 bridgehead atoms. The summed E-state index contributed by atoms with van der Waals surface area (Å²) in [6, 6.07) is 7.24. The van der Waals surface area contributed by atoms with Gasteiger partial charge in [0.25, 0.3) is 11.8 Å². The van der Waals surface area contributed by atoms with E-state index in [4.69, 9.17) is 5.73 Å². The quantitative estimate of drug-likeness (QED) is 0.912. The van der Waals surface area contributed by atoms with Crippen LogP contribution in [0.3, 0.4) is 0 Å². The number of hydrogen-bond acceptors (Lipinski definition) is 3. The summed E-state index contributed by atoms with van der Waals surface area (Å²) in [6.07, 6.45) is 0.940. The average molecular weight is 345 g/mol. The lowest BCUT2D eigenvalue weighted by Crippen LogP contribution is -2.35. The van der Waals surface area contributed by atoms with Crippen molar-refractivity contribution in [2.24, 2.45) is 17.1 Å². The van der Waals surface area contributed by atoms with Crippen molar-refractivity contribution < 1.29 is 9.59 Å². The Hall–Kier alpha value is -1.88. The largest absolute Gasteiger partial charge is 0.341 e. The van der Waals surface area contributed by atoms with E-state index in [9.17, 15) is 9.59 Å². The summed E-state index contributed by atoms with van der Waals surface area (Å²) in [5, 5.41) is 0. The van der Waals surface area contributed by atoms with Crippen LogP contribution in [0.1, 0.15) is 54.8 Å². The Morgan fingerprint density at radius 3 is 2.48 bits per heavy atom. The number of carbonyl (C=O) groups excluding carboxylic acids is 2. The Labute approximate surface area is 151 Å². The zero-order chi connectivity index (χ0) is 18.8. The Balaban J connectivity index is 2.15. The number of carbonyl (C=O) groups is 2. The Morgan fingerprint density at radius 1 is 1.28 bits per heavy atom. The van der Waals surface area contributed by atoms with Crippen molar-refractivity contribution in [2.75, 3.05) is 26.7 Å². The number of nitrogens with zero attached hydrogens (tertiary/aromatic N) is 2. The van der Waals surface area contributed by atoms with E-state index in [2.05, 4.69) is 27.7 Å². The highest BCUT2D eigenvalue weighted by Gasteiger charge is 2.32. The standard InChI is InChI=1S/C20H31N3O2/c1-14-9-15(11-21)12-23(14)19(25)17-8-6-7-16(10-17)18(24)22(5)13-20(2,3)4/h6-8,10,14-15H,9,11-13,21H2,1-5H3. The van der Waals surface area contributed by atoms with Crippen molar-refractivity contribution >= 4 is 11.8 Å². The van der Waals surface area contributed by atoms with Gasteiger partial charge in [-0.25, -0.2) is 0 Å². The first-order chi connectivity index (χ1) is 11.6. The summed E-state index contributed by atoms with van der Waals surface area (Å²) in [6.45, 7) is 10.3. The molecule has 2 unspecified atom stereocenters. The third-order valence-electron chi connectivity index (χ3n) is 4.67. The molecule has 0 radical (unpaired) electrons. The van der Waals surface area contributed by atoms with Gasteiger partial charge in [-0.15, -0.1) is 0 Å². The maximum Gasteiger partial charge on any atom is 0.254 e. The normalized spacial score (nSPS) is 20.6. The van der Waals surface area contributed by atoms with Crippen LogP contribution in [0.25, 0.3) is 0 Å². The van der Waals surface area contributed by atoms with E-state index in [-0.39, 0.29) is 23.3 Å². The van der Waals surface area contributed by atoms with Crippen LogP contribution in [-0.4, -0.2) is 54.3 Å². The zero-order valence-corrected chi connectivity index (χ0v) is 16.1. The molecule has 2 atom stereocenters. The Kier molecular flexibility index (Phi) is 5.88. The highest BCUT2D eigenvalue weighted by Crippen LogP contribution is 2.24. The van der Waals surface area contributed by atoms with Gasteiger partial charge in [0.15, 0.2) is 0 Å². The maximum atomic E-state index is 12.9. The minimum absolute atomic E-state index is 0.0171. The summed E-state index contributed by atoms with van der Waals surface area (Å²) in [5.74, 6) is 0.289. The molecule has 2 N–H and O–H groups in total. The van der Waals surface area contributed by atoms with Crippen molar-refractivity contribution in [1.29, 1.82) is 0 Å². The van der Waals surface area contributed by atoms with Crippen molar-refractivity contribution in [3.8, 4) is 0 Å². The van der Waals surface area contributed by atoms with Crippen LogP contribution >= 0.6 is 0 Å². The fraction of sp³-hybridized carbons (Fsp3) is 0.600. The zero-order valence-electron chi connectivity index (χ0n) is 16.1. The molecule has 2 amide bonds. The van der Waals surface area contributed by atoms with Gasteiger partial charge < -0.3 is 15.5 Å². The summed E-state index contributed by atoms with van der Waals surface area (Å²) in [7, 11) is 1.80. The van der Waals surface area contributed by atoms with Gasteiger partial charge in [-0.3, -0.25) is 9.59 Å². The number of benzene rings is 1. The number of hydrogen-bond donors (Lipinski definition) is 1. The van der Waals surface area contributed by atoms with Gasteiger partial charge >= 0.3 is 0 Å². The summed E-state index contributed by atoms with van der Waals surface area (Å²) in [4.78, 5) is 29.1. The van der Waals surface area contributed by atoms with E-state index in [1.54, 1.807) is 36.2 Å². The molecule has 1 heterocycles. The van der Waals surface area contributed by atoms with E-state index in [0.717, 1.165) is 6.42 Å². The monoisotopic (exact) mass is 345 g/mol. The number of likely N-dealkylation sites (tertiary alicyclic amines) is 1. The minimum atomic E-state index is -0.0566. The lowest BCUT2D eigenvalue weighted by Gasteiger charge is -2.27. The molecule has 25 heavy (non-hydrogen) atoms. The number of amides is 2. The molecule has 1 aromatic carbocycles. The van der Waals surface area contributed by atoms with E-state index < -0.39 is 0 Å². The van der Waals surface area contributed by atoms with Crippen LogP contribution < -0.4 is 5.73 Å². The fourth-order valence-electron chi connectivity index (χ4n) is 3.55. The highest BCUT2D eigenvalue weighted by molar-refractivity contribution is 5.99. The summed E-state index contributed by atoms with van der Waals surface area (Å²) in [5.41, 5.74) is 6.91. The predicted octanol–water partition coefficient (Wildman–Crippen LogP) is 2.61. The maximum absolute atomic E-state index is 12.9. The molecule has 1 saturated heterocycles. The highest BCUT2D eigenvalue weighted by atomic mass is 16.2. The van der Waals surface area contributed by atoms with Gasteiger partial charge in [-0.05, 0) is 49.4 Å². The van der Waals surface area contributed by atoms with Crippen molar-refractivity contribution in [2.45, 2.75) is 40.2 Å². The topological polar surface area (TPSA) is 66.6 Å². The van der Waals surface area contributed by atoms with E-state index in [1.165, 1.54) is 0 Å². The van der Waals surface area contributed by atoms with Crippen LogP contribution in [0.5, 0.6) is 0 Å². The fourth-order valence-corrected chi connectivity index (χ4v) is 3.55. The van der Waals surface area contributed by atoms with Crippen LogP contribution in [-0.2, 0) is 0 Å². The lowest BCUT2D eigenvalue weighted by atomic mass is 9.96. The summed E-state index contributed by atoms with van der Waals surface area (Å²) < 4.78 is 0. The van der Waals surface area contributed by atoms with E-state index in [0.29, 0.717) is 36.7 Å². The molecule has 0 aromatic heterocycles. The van der Waals surface area contributed by atoms with Crippen molar-refractivity contribution in [1.82, 2.24) is 9.80 Å².